The van der Waals surface area contributed by atoms with Gasteiger partial charge >= 0.3 is 0 Å². The first-order valence-electron chi connectivity index (χ1n) is 5.53. The van der Waals surface area contributed by atoms with Gasteiger partial charge in [-0.25, -0.2) is 0 Å². The van der Waals surface area contributed by atoms with E-state index >= 15 is 0 Å². The third-order valence-corrected chi connectivity index (χ3v) is 2.84. The number of hydrogen-bond acceptors (Lipinski definition) is 2. The summed E-state index contributed by atoms with van der Waals surface area (Å²) in [5.41, 5.74) is 2.81. The maximum atomic E-state index is 12.1. The Hall–Kier alpha value is -1.51. The van der Waals surface area contributed by atoms with Gasteiger partial charge in [0.15, 0.2) is 0 Å². The van der Waals surface area contributed by atoms with Crippen LogP contribution in [0, 0.1) is 6.92 Å². The van der Waals surface area contributed by atoms with Crippen molar-refractivity contribution in [2.75, 3.05) is 19.4 Å². The van der Waals surface area contributed by atoms with Crippen molar-refractivity contribution in [2.45, 2.75) is 26.8 Å². The molecule has 0 aliphatic rings. The average Bonchev–Trinajstić information content (AvgIpc) is 2.26. The van der Waals surface area contributed by atoms with E-state index in [4.69, 9.17) is 0 Å². The zero-order valence-corrected chi connectivity index (χ0v) is 10.7. The van der Waals surface area contributed by atoms with E-state index in [0.717, 1.165) is 16.8 Å². The first kappa shape index (κ1) is 12.6. The molecule has 0 fully saturated rings. The highest BCUT2D eigenvalue weighted by Gasteiger charge is 2.16. The Kier molecular flexibility index (Phi) is 3.93. The molecule has 0 aliphatic heterocycles. The molecular formula is C13H20N2O. The van der Waals surface area contributed by atoms with Crippen molar-refractivity contribution in [1.29, 1.82) is 0 Å². The third-order valence-electron chi connectivity index (χ3n) is 2.84. The molecule has 16 heavy (non-hydrogen) atoms. The van der Waals surface area contributed by atoms with Crippen LogP contribution in [0.2, 0.25) is 0 Å². The molecule has 3 heteroatoms. The number of nitrogens with zero attached hydrogens (tertiary/aromatic N) is 1. The van der Waals surface area contributed by atoms with E-state index in [1.807, 2.05) is 53.1 Å². The van der Waals surface area contributed by atoms with Gasteiger partial charge in [-0.3, -0.25) is 4.79 Å². The van der Waals surface area contributed by atoms with Crippen LogP contribution in [0.25, 0.3) is 0 Å². The summed E-state index contributed by atoms with van der Waals surface area (Å²) in [5.74, 6) is 0.0788. The molecule has 1 amide bonds. The fraction of sp³-hybridized carbons (Fsp3) is 0.462. The van der Waals surface area contributed by atoms with Crippen LogP contribution >= 0.6 is 0 Å². The fourth-order valence-electron chi connectivity index (χ4n) is 1.48. The summed E-state index contributed by atoms with van der Waals surface area (Å²) >= 11 is 0. The molecule has 0 radical (unpaired) electrons. The van der Waals surface area contributed by atoms with Gasteiger partial charge in [-0.15, -0.1) is 0 Å². The molecule has 3 nitrogen and oxygen atoms in total. The van der Waals surface area contributed by atoms with E-state index in [9.17, 15) is 4.79 Å². The minimum absolute atomic E-state index is 0.0788. The molecule has 1 aromatic rings. The Balaban J connectivity index is 3.01. The number of benzene rings is 1. The van der Waals surface area contributed by atoms with Crippen molar-refractivity contribution >= 4 is 11.6 Å². The lowest BCUT2D eigenvalue weighted by molar-refractivity contribution is 0.0754. The second kappa shape index (κ2) is 5.01. The van der Waals surface area contributed by atoms with Crippen molar-refractivity contribution < 1.29 is 4.79 Å². The van der Waals surface area contributed by atoms with Gasteiger partial charge < -0.3 is 10.2 Å². The quantitative estimate of drug-likeness (QED) is 0.849. The second-order valence-electron chi connectivity index (χ2n) is 4.29. The Morgan fingerprint density at radius 2 is 2.00 bits per heavy atom. The standard InChI is InChI=1S/C13H20N2O/c1-9(2)15(5)13(16)12-7-6-11(14-4)8-10(12)3/h6-9,14H,1-5H3. The number of nitrogens with one attached hydrogen (secondary N) is 1. The molecule has 0 aromatic heterocycles. The number of carbonyl (C=O) groups is 1. The molecule has 0 bridgehead atoms. The van der Waals surface area contributed by atoms with Crippen LogP contribution < -0.4 is 5.32 Å². The molecule has 0 saturated carbocycles. The number of carbonyl (C=O) groups excluding carboxylic acids is 1. The van der Waals surface area contributed by atoms with Gasteiger partial charge in [-0.2, -0.15) is 0 Å². The Labute approximate surface area is 97.5 Å². The van der Waals surface area contributed by atoms with E-state index in [1.54, 1.807) is 4.90 Å². The first-order valence-corrected chi connectivity index (χ1v) is 5.53. The lowest BCUT2D eigenvalue weighted by Crippen LogP contribution is -2.33. The number of anilines is 1. The summed E-state index contributed by atoms with van der Waals surface area (Å²) in [6.45, 7) is 5.98. The van der Waals surface area contributed by atoms with Gasteiger partial charge in [0.1, 0.15) is 0 Å². The van der Waals surface area contributed by atoms with Crippen molar-refractivity contribution in [3.05, 3.63) is 29.3 Å². The van der Waals surface area contributed by atoms with Crippen LogP contribution in [0.15, 0.2) is 18.2 Å². The molecule has 0 spiro atoms. The van der Waals surface area contributed by atoms with Gasteiger partial charge in [-0.05, 0) is 44.5 Å². The molecule has 1 rings (SSSR count). The smallest absolute Gasteiger partial charge is 0.254 e. The summed E-state index contributed by atoms with van der Waals surface area (Å²) in [7, 11) is 3.70. The zero-order valence-electron chi connectivity index (χ0n) is 10.7. The molecule has 0 aliphatic carbocycles. The second-order valence-corrected chi connectivity index (χ2v) is 4.29. The van der Waals surface area contributed by atoms with Crippen LogP contribution in [0.4, 0.5) is 5.69 Å². The monoisotopic (exact) mass is 220 g/mol. The van der Waals surface area contributed by atoms with Crippen LogP contribution in [-0.4, -0.2) is 30.9 Å². The summed E-state index contributed by atoms with van der Waals surface area (Å²) in [6, 6.07) is 6.01. The molecule has 1 aromatic carbocycles. The number of hydrogen-bond donors (Lipinski definition) is 1. The molecule has 0 heterocycles. The Morgan fingerprint density at radius 3 is 2.44 bits per heavy atom. The summed E-state index contributed by atoms with van der Waals surface area (Å²) < 4.78 is 0. The molecular weight excluding hydrogens is 200 g/mol. The van der Waals surface area contributed by atoms with E-state index in [2.05, 4.69) is 5.32 Å². The number of aryl methyl sites for hydroxylation is 1. The van der Waals surface area contributed by atoms with Gasteiger partial charge in [-0.1, -0.05) is 0 Å². The Bertz CT molecular complexity index is 386. The number of rotatable bonds is 3. The number of amides is 1. The predicted molar refractivity (Wildman–Crippen MR) is 68.0 cm³/mol. The summed E-state index contributed by atoms with van der Waals surface area (Å²) in [6.07, 6.45) is 0. The van der Waals surface area contributed by atoms with Crippen molar-refractivity contribution in [1.82, 2.24) is 4.90 Å². The van der Waals surface area contributed by atoms with Gasteiger partial charge in [0, 0.05) is 31.4 Å². The molecule has 0 saturated heterocycles. The minimum Gasteiger partial charge on any atom is -0.388 e. The van der Waals surface area contributed by atoms with Gasteiger partial charge in [0.25, 0.3) is 5.91 Å². The largest absolute Gasteiger partial charge is 0.388 e. The topological polar surface area (TPSA) is 32.3 Å². The molecule has 0 unspecified atom stereocenters. The van der Waals surface area contributed by atoms with E-state index in [-0.39, 0.29) is 11.9 Å². The molecule has 1 N–H and O–H groups in total. The minimum atomic E-state index is 0.0788. The lowest BCUT2D eigenvalue weighted by Gasteiger charge is -2.22. The van der Waals surface area contributed by atoms with Crippen LogP contribution in [-0.2, 0) is 0 Å². The summed E-state index contributed by atoms with van der Waals surface area (Å²) in [4.78, 5) is 13.9. The first-order chi connectivity index (χ1) is 7.47. The Morgan fingerprint density at radius 1 is 1.38 bits per heavy atom. The highest BCUT2D eigenvalue weighted by atomic mass is 16.2. The van der Waals surface area contributed by atoms with Gasteiger partial charge in [0.05, 0.1) is 0 Å². The van der Waals surface area contributed by atoms with E-state index in [0.29, 0.717) is 0 Å². The SMILES string of the molecule is CNc1ccc(C(=O)N(C)C(C)C)c(C)c1. The van der Waals surface area contributed by atoms with Crippen LogP contribution in [0.3, 0.4) is 0 Å². The van der Waals surface area contributed by atoms with Crippen LogP contribution in [0.1, 0.15) is 29.8 Å². The highest BCUT2D eigenvalue weighted by Crippen LogP contribution is 2.16. The normalized spacial score (nSPS) is 10.4. The van der Waals surface area contributed by atoms with Crippen molar-refractivity contribution in [3.8, 4) is 0 Å². The zero-order chi connectivity index (χ0) is 12.3. The van der Waals surface area contributed by atoms with Gasteiger partial charge in [0.2, 0.25) is 0 Å². The molecule has 0 atom stereocenters. The van der Waals surface area contributed by atoms with E-state index < -0.39 is 0 Å². The van der Waals surface area contributed by atoms with Crippen molar-refractivity contribution in [2.24, 2.45) is 0 Å². The summed E-state index contributed by atoms with van der Waals surface area (Å²) in [5, 5.41) is 3.06. The third kappa shape index (κ3) is 2.54. The molecule has 88 valence electrons. The highest BCUT2D eigenvalue weighted by molar-refractivity contribution is 5.96. The van der Waals surface area contributed by atoms with Crippen molar-refractivity contribution in [3.63, 3.8) is 0 Å². The lowest BCUT2D eigenvalue weighted by atomic mass is 10.1. The fourth-order valence-corrected chi connectivity index (χ4v) is 1.48. The predicted octanol–water partition coefficient (Wildman–Crippen LogP) is 2.52. The average molecular weight is 220 g/mol. The van der Waals surface area contributed by atoms with E-state index in [1.165, 1.54) is 0 Å². The maximum absolute atomic E-state index is 12.1. The maximum Gasteiger partial charge on any atom is 0.254 e. The van der Waals surface area contributed by atoms with Crippen LogP contribution in [0.5, 0.6) is 0 Å².